The van der Waals surface area contributed by atoms with E-state index >= 15 is 0 Å². The van der Waals surface area contributed by atoms with Crippen molar-refractivity contribution in [1.29, 1.82) is 0 Å². The molecule has 2 aliphatic heterocycles. The van der Waals surface area contributed by atoms with Gasteiger partial charge in [-0.15, -0.1) is 0 Å². The number of hydrogen-bond donors (Lipinski definition) is 3. The number of anilines is 2. The van der Waals surface area contributed by atoms with Gasteiger partial charge in [0.05, 0.1) is 18.9 Å². The second kappa shape index (κ2) is 7.24. The smallest absolute Gasteiger partial charge is 0.293 e. The lowest BCUT2D eigenvalue weighted by Gasteiger charge is -2.21. The van der Waals surface area contributed by atoms with E-state index in [2.05, 4.69) is 5.32 Å². The van der Waals surface area contributed by atoms with Gasteiger partial charge in [-0.25, -0.2) is 9.87 Å². The zero-order chi connectivity index (χ0) is 20.6. The quantitative estimate of drug-likeness (QED) is 0.522. The van der Waals surface area contributed by atoms with Crippen molar-refractivity contribution in [2.45, 2.75) is 5.79 Å². The zero-order valence-electron chi connectivity index (χ0n) is 15.0. The number of nitrogens with zero attached hydrogens (tertiary/aromatic N) is 1. The average molecular weight is 401 g/mol. The van der Waals surface area contributed by atoms with Crippen LogP contribution in [0.1, 0.15) is 15.9 Å². The van der Waals surface area contributed by atoms with Gasteiger partial charge in [0, 0.05) is 16.8 Å². The summed E-state index contributed by atoms with van der Waals surface area (Å²) in [6.07, 6.45) is 0. The molecule has 2 aromatic rings. The van der Waals surface area contributed by atoms with Gasteiger partial charge in [-0.05, 0) is 42.5 Å². The molecule has 0 radical (unpaired) electrons. The lowest BCUT2D eigenvalue weighted by atomic mass is 10.1. The van der Waals surface area contributed by atoms with Crippen LogP contribution in [0.25, 0.3) is 0 Å². The van der Waals surface area contributed by atoms with E-state index in [1.807, 2.05) is 0 Å². The summed E-state index contributed by atoms with van der Waals surface area (Å²) >= 11 is 0. The van der Waals surface area contributed by atoms with Crippen molar-refractivity contribution in [3.05, 3.63) is 59.4 Å². The molecule has 0 aliphatic carbocycles. The molecule has 1 saturated heterocycles. The first-order chi connectivity index (χ1) is 13.9. The molecule has 0 aromatic heterocycles. The highest BCUT2D eigenvalue weighted by atomic mass is 19.1. The molecule has 29 heavy (non-hydrogen) atoms. The van der Waals surface area contributed by atoms with Gasteiger partial charge in [0.1, 0.15) is 12.4 Å². The first kappa shape index (κ1) is 19.0. The zero-order valence-corrected chi connectivity index (χ0v) is 15.0. The van der Waals surface area contributed by atoms with Crippen LogP contribution in [-0.2, 0) is 24.8 Å². The molecular formula is C19H16FN3O6. The number of nitrogens with one attached hydrogen (secondary N) is 2. The maximum atomic E-state index is 13.8. The fourth-order valence-corrected chi connectivity index (χ4v) is 3.37. The van der Waals surface area contributed by atoms with Gasteiger partial charge in [0.25, 0.3) is 17.6 Å². The largest absolute Gasteiger partial charge is 0.336 e. The summed E-state index contributed by atoms with van der Waals surface area (Å²) in [5.74, 6) is -4.06. The van der Waals surface area contributed by atoms with Crippen molar-refractivity contribution in [2.24, 2.45) is 0 Å². The summed E-state index contributed by atoms with van der Waals surface area (Å²) in [6.45, 7) is 0.00973. The third-order valence-corrected chi connectivity index (χ3v) is 4.66. The van der Waals surface area contributed by atoms with Crippen molar-refractivity contribution < 1.29 is 33.5 Å². The summed E-state index contributed by atoms with van der Waals surface area (Å²) in [6, 6.07) is 9.53. The molecule has 0 unspecified atom stereocenters. The van der Waals surface area contributed by atoms with E-state index in [0.717, 1.165) is 0 Å². The number of rotatable bonds is 4. The molecule has 0 atom stereocenters. The Morgan fingerprint density at radius 2 is 1.83 bits per heavy atom. The Morgan fingerprint density at radius 1 is 1.14 bits per heavy atom. The molecule has 1 spiro atoms. The van der Waals surface area contributed by atoms with Crippen LogP contribution >= 0.6 is 0 Å². The Balaban J connectivity index is 1.53. The van der Waals surface area contributed by atoms with Crippen LogP contribution in [0.15, 0.2) is 42.5 Å². The summed E-state index contributed by atoms with van der Waals surface area (Å²) in [7, 11) is 0. The topological polar surface area (TPSA) is 117 Å². The number of hydrogen-bond acceptors (Lipinski definition) is 6. The van der Waals surface area contributed by atoms with Crippen molar-refractivity contribution >= 4 is 29.1 Å². The summed E-state index contributed by atoms with van der Waals surface area (Å²) < 4.78 is 24.8. The number of amides is 3. The number of halogens is 1. The highest BCUT2D eigenvalue weighted by Crippen LogP contribution is 2.45. The molecule has 2 aromatic carbocycles. The van der Waals surface area contributed by atoms with Gasteiger partial charge in [0.15, 0.2) is 0 Å². The molecule has 2 aliphatic rings. The molecule has 1 fully saturated rings. The molecule has 150 valence electrons. The van der Waals surface area contributed by atoms with Crippen LogP contribution in [0, 0.1) is 5.82 Å². The van der Waals surface area contributed by atoms with Crippen LogP contribution in [0.3, 0.4) is 0 Å². The minimum atomic E-state index is -1.73. The average Bonchev–Trinajstić information content (AvgIpc) is 3.29. The molecule has 10 heteroatoms. The first-order valence-corrected chi connectivity index (χ1v) is 8.69. The minimum absolute atomic E-state index is 0.176. The van der Waals surface area contributed by atoms with Gasteiger partial charge in [0.2, 0.25) is 5.91 Å². The number of hydroxylamine groups is 1. The molecule has 2 heterocycles. The highest BCUT2D eigenvalue weighted by Gasteiger charge is 2.56. The molecule has 0 saturated carbocycles. The lowest BCUT2D eigenvalue weighted by molar-refractivity contribution is -0.180. The van der Waals surface area contributed by atoms with Crippen LogP contribution in [0.2, 0.25) is 0 Å². The maximum absolute atomic E-state index is 13.8. The second-order valence-corrected chi connectivity index (χ2v) is 6.43. The molecule has 3 N–H and O–H groups in total. The Bertz CT molecular complexity index is 988. The van der Waals surface area contributed by atoms with Gasteiger partial charge in [-0.1, -0.05) is 0 Å². The van der Waals surface area contributed by atoms with E-state index in [1.54, 1.807) is 0 Å². The van der Waals surface area contributed by atoms with Gasteiger partial charge in [-0.2, -0.15) is 0 Å². The van der Waals surface area contributed by atoms with Crippen molar-refractivity contribution in [3.8, 4) is 0 Å². The third-order valence-electron chi connectivity index (χ3n) is 4.66. The molecule has 0 bridgehead atoms. The number of ether oxygens (including phenoxy) is 2. The Labute approximate surface area is 164 Å². The number of fused-ring (bicyclic) bond motifs is 2. The lowest BCUT2D eigenvalue weighted by Crippen LogP contribution is -2.44. The Morgan fingerprint density at radius 3 is 2.48 bits per heavy atom. The van der Waals surface area contributed by atoms with Gasteiger partial charge >= 0.3 is 0 Å². The maximum Gasteiger partial charge on any atom is 0.293 e. The molecule has 9 nitrogen and oxygen atoms in total. The van der Waals surface area contributed by atoms with E-state index in [0.29, 0.717) is 11.4 Å². The summed E-state index contributed by atoms with van der Waals surface area (Å²) in [5.41, 5.74) is 2.67. The van der Waals surface area contributed by atoms with Crippen molar-refractivity contribution in [1.82, 2.24) is 5.48 Å². The van der Waals surface area contributed by atoms with E-state index in [4.69, 9.17) is 14.7 Å². The SMILES string of the molecule is O=C(CN1C(=O)C2(OCCO2)c2cc(F)ccc21)Nc1ccc(C(=O)NO)cc1. The summed E-state index contributed by atoms with van der Waals surface area (Å²) in [5, 5.41) is 11.2. The highest BCUT2D eigenvalue weighted by molar-refractivity contribution is 6.10. The van der Waals surface area contributed by atoms with E-state index < -0.39 is 29.3 Å². The predicted molar refractivity (Wildman–Crippen MR) is 96.7 cm³/mol. The van der Waals surface area contributed by atoms with Crippen molar-refractivity contribution in [3.63, 3.8) is 0 Å². The van der Waals surface area contributed by atoms with Crippen LogP contribution < -0.4 is 15.7 Å². The fraction of sp³-hybridized carbons (Fsp3) is 0.211. The standard InChI is InChI=1S/C19H16FN3O6/c20-12-3-6-15-14(9-12)19(28-7-8-29-19)18(26)23(15)10-16(24)21-13-4-1-11(2-5-13)17(25)22-27/h1-6,9,27H,7-8,10H2,(H,21,24)(H,22,25). The Hall–Kier alpha value is -3.34. The number of carbonyl (C=O) groups excluding carboxylic acids is 3. The second-order valence-electron chi connectivity index (χ2n) is 6.43. The van der Waals surface area contributed by atoms with Crippen LogP contribution in [0.4, 0.5) is 15.8 Å². The number of benzene rings is 2. The monoisotopic (exact) mass is 401 g/mol. The molecule has 4 rings (SSSR count). The minimum Gasteiger partial charge on any atom is -0.336 e. The van der Waals surface area contributed by atoms with E-state index in [9.17, 15) is 18.8 Å². The van der Waals surface area contributed by atoms with Crippen LogP contribution in [-0.4, -0.2) is 42.7 Å². The fourth-order valence-electron chi connectivity index (χ4n) is 3.37. The Kier molecular flexibility index (Phi) is 4.74. The predicted octanol–water partition coefficient (Wildman–Crippen LogP) is 1.13. The normalized spacial score (nSPS) is 16.8. The summed E-state index contributed by atoms with van der Waals surface area (Å²) in [4.78, 5) is 38.0. The van der Waals surface area contributed by atoms with E-state index in [1.165, 1.54) is 52.8 Å². The number of carbonyl (C=O) groups is 3. The van der Waals surface area contributed by atoms with Crippen molar-refractivity contribution in [2.75, 3.05) is 30.0 Å². The van der Waals surface area contributed by atoms with Gasteiger partial charge < -0.3 is 14.8 Å². The molecular weight excluding hydrogens is 385 g/mol. The van der Waals surface area contributed by atoms with E-state index in [-0.39, 0.29) is 30.9 Å². The molecule has 3 amide bonds. The first-order valence-electron chi connectivity index (χ1n) is 8.69. The third kappa shape index (κ3) is 3.23. The van der Waals surface area contributed by atoms with Gasteiger partial charge in [-0.3, -0.25) is 24.5 Å². The van der Waals surface area contributed by atoms with Crippen LogP contribution in [0.5, 0.6) is 0 Å².